The van der Waals surface area contributed by atoms with Crippen LogP contribution in [0, 0.1) is 0 Å². The third kappa shape index (κ3) is 4.67. The molecule has 0 unspecified atom stereocenters. The summed E-state index contributed by atoms with van der Waals surface area (Å²) < 4.78 is 5.83. The molecule has 1 fully saturated rings. The Hall–Kier alpha value is 0.270. The normalized spacial score (nSPS) is 27.9. The minimum Gasteiger partial charge on any atom is -0.377 e. The van der Waals surface area contributed by atoms with E-state index in [9.17, 15) is 0 Å². The van der Waals surface area contributed by atoms with Gasteiger partial charge in [-0.3, -0.25) is 0 Å². The Morgan fingerprint density at radius 3 is 2.57 bits per heavy atom. The highest BCUT2D eigenvalue weighted by Crippen LogP contribution is 2.21. The summed E-state index contributed by atoms with van der Waals surface area (Å²) in [5.41, 5.74) is 0. The summed E-state index contributed by atoms with van der Waals surface area (Å²) in [4.78, 5) is 0. The number of nitrogens with one attached hydrogen (secondary N) is 1. The molecule has 0 atom stereocenters. The molecule has 0 aromatic carbocycles. The zero-order valence-electron chi connectivity index (χ0n) is 9.42. The van der Waals surface area contributed by atoms with Gasteiger partial charge >= 0.3 is 0 Å². The second-order valence-corrected chi connectivity index (χ2v) is 5.22. The first-order valence-corrected chi connectivity index (χ1v) is 6.89. The molecule has 0 saturated heterocycles. The summed E-state index contributed by atoms with van der Waals surface area (Å²) in [6.07, 6.45) is 5.58. The Balaban J connectivity index is 1.98. The van der Waals surface area contributed by atoms with E-state index in [1.54, 1.807) is 0 Å². The SMILES string of the molecule is CCSCCOC1CCC(NC)CC1. The van der Waals surface area contributed by atoms with Gasteiger partial charge in [0, 0.05) is 11.8 Å². The summed E-state index contributed by atoms with van der Waals surface area (Å²) in [7, 11) is 2.06. The van der Waals surface area contributed by atoms with Gasteiger partial charge in [0.05, 0.1) is 12.7 Å². The van der Waals surface area contributed by atoms with Gasteiger partial charge in [-0.05, 0) is 38.5 Å². The van der Waals surface area contributed by atoms with Crippen LogP contribution in [0.4, 0.5) is 0 Å². The lowest BCUT2D eigenvalue weighted by Gasteiger charge is -2.28. The molecule has 0 bridgehead atoms. The highest BCUT2D eigenvalue weighted by Gasteiger charge is 2.19. The zero-order chi connectivity index (χ0) is 10.2. The van der Waals surface area contributed by atoms with Crippen molar-refractivity contribution in [2.45, 2.75) is 44.8 Å². The smallest absolute Gasteiger partial charge is 0.0576 e. The van der Waals surface area contributed by atoms with Gasteiger partial charge in [0.1, 0.15) is 0 Å². The maximum absolute atomic E-state index is 5.83. The van der Waals surface area contributed by atoms with Crippen LogP contribution in [-0.2, 0) is 4.74 Å². The first kappa shape index (κ1) is 12.3. The summed E-state index contributed by atoms with van der Waals surface area (Å²) in [6.45, 7) is 3.14. The van der Waals surface area contributed by atoms with E-state index in [4.69, 9.17) is 4.74 Å². The fourth-order valence-electron chi connectivity index (χ4n) is 1.94. The molecule has 14 heavy (non-hydrogen) atoms. The molecule has 0 aliphatic heterocycles. The Morgan fingerprint density at radius 1 is 1.29 bits per heavy atom. The van der Waals surface area contributed by atoms with Crippen molar-refractivity contribution in [3.63, 3.8) is 0 Å². The Bertz CT molecular complexity index is 135. The van der Waals surface area contributed by atoms with Crippen LogP contribution < -0.4 is 5.32 Å². The quantitative estimate of drug-likeness (QED) is 0.690. The van der Waals surface area contributed by atoms with Crippen LogP contribution in [0.1, 0.15) is 32.6 Å². The highest BCUT2D eigenvalue weighted by molar-refractivity contribution is 7.99. The predicted molar refractivity (Wildman–Crippen MR) is 64.1 cm³/mol. The first-order chi connectivity index (χ1) is 6.86. The van der Waals surface area contributed by atoms with Gasteiger partial charge in [0.15, 0.2) is 0 Å². The van der Waals surface area contributed by atoms with E-state index in [-0.39, 0.29) is 0 Å². The number of rotatable bonds is 6. The number of ether oxygens (including phenoxy) is 1. The molecule has 2 nitrogen and oxygen atoms in total. The second kappa shape index (κ2) is 7.55. The molecule has 0 heterocycles. The average Bonchev–Trinajstić information content (AvgIpc) is 2.25. The van der Waals surface area contributed by atoms with Gasteiger partial charge < -0.3 is 10.1 Å². The molecule has 1 N–H and O–H groups in total. The van der Waals surface area contributed by atoms with Crippen molar-refractivity contribution in [1.82, 2.24) is 5.32 Å². The Kier molecular flexibility index (Phi) is 6.65. The molecule has 1 rings (SSSR count). The van der Waals surface area contributed by atoms with Crippen molar-refractivity contribution in [2.24, 2.45) is 0 Å². The number of hydrogen-bond donors (Lipinski definition) is 1. The van der Waals surface area contributed by atoms with Crippen molar-refractivity contribution in [3.05, 3.63) is 0 Å². The fraction of sp³-hybridized carbons (Fsp3) is 1.00. The molecule has 1 aliphatic carbocycles. The van der Waals surface area contributed by atoms with Gasteiger partial charge in [-0.15, -0.1) is 0 Å². The molecule has 1 aliphatic rings. The molecular formula is C11H23NOS. The van der Waals surface area contributed by atoms with Crippen molar-refractivity contribution in [2.75, 3.05) is 25.2 Å². The van der Waals surface area contributed by atoms with E-state index in [1.165, 1.54) is 31.4 Å². The van der Waals surface area contributed by atoms with Crippen LogP contribution in [0.3, 0.4) is 0 Å². The van der Waals surface area contributed by atoms with Crippen LogP contribution >= 0.6 is 11.8 Å². The minimum absolute atomic E-state index is 0.539. The fourth-order valence-corrected chi connectivity index (χ4v) is 2.44. The summed E-state index contributed by atoms with van der Waals surface area (Å²) in [6, 6.07) is 0.736. The van der Waals surface area contributed by atoms with E-state index in [0.717, 1.165) is 18.4 Å². The van der Waals surface area contributed by atoms with E-state index >= 15 is 0 Å². The van der Waals surface area contributed by atoms with Crippen molar-refractivity contribution in [1.29, 1.82) is 0 Å². The molecule has 0 amide bonds. The summed E-state index contributed by atoms with van der Waals surface area (Å²) >= 11 is 1.96. The lowest BCUT2D eigenvalue weighted by molar-refractivity contribution is 0.0326. The van der Waals surface area contributed by atoms with Crippen LogP contribution in [0.5, 0.6) is 0 Å². The lowest BCUT2D eigenvalue weighted by Crippen LogP contribution is -2.33. The van der Waals surface area contributed by atoms with E-state index in [0.29, 0.717) is 6.10 Å². The second-order valence-electron chi connectivity index (χ2n) is 3.83. The maximum atomic E-state index is 5.83. The highest BCUT2D eigenvalue weighted by atomic mass is 32.2. The minimum atomic E-state index is 0.539. The molecule has 0 aromatic heterocycles. The molecule has 84 valence electrons. The molecule has 1 saturated carbocycles. The van der Waals surface area contributed by atoms with Gasteiger partial charge in [-0.25, -0.2) is 0 Å². The van der Waals surface area contributed by atoms with E-state index in [2.05, 4.69) is 19.3 Å². The molecule has 0 spiro atoms. The largest absolute Gasteiger partial charge is 0.377 e. The van der Waals surface area contributed by atoms with Crippen LogP contribution in [-0.4, -0.2) is 37.3 Å². The van der Waals surface area contributed by atoms with Crippen LogP contribution in [0.25, 0.3) is 0 Å². The monoisotopic (exact) mass is 217 g/mol. The molecule has 0 aromatic rings. The first-order valence-electron chi connectivity index (χ1n) is 5.73. The third-order valence-corrected chi connectivity index (χ3v) is 3.73. The summed E-state index contributed by atoms with van der Waals surface area (Å²) in [5, 5.41) is 3.34. The Morgan fingerprint density at radius 2 is 2.00 bits per heavy atom. The molecule has 3 heteroatoms. The van der Waals surface area contributed by atoms with Gasteiger partial charge in [-0.1, -0.05) is 6.92 Å². The van der Waals surface area contributed by atoms with E-state index in [1.807, 2.05) is 11.8 Å². The topological polar surface area (TPSA) is 21.3 Å². The van der Waals surface area contributed by atoms with Crippen molar-refractivity contribution >= 4 is 11.8 Å². The summed E-state index contributed by atoms with van der Waals surface area (Å²) in [5.74, 6) is 2.36. The van der Waals surface area contributed by atoms with Gasteiger partial charge in [-0.2, -0.15) is 11.8 Å². The zero-order valence-corrected chi connectivity index (χ0v) is 10.2. The van der Waals surface area contributed by atoms with Crippen LogP contribution in [0.2, 0.25) is 0 Å². The van der Waals surface area contributed by atoms with Crippen molar-refractivity contribution in [3.8, 4) is 0 Å². The number of thioether (sulfide) groups is 1. The lowest BCUT2D eigenvalue weighted by atomic mass is 9.93. The van der Waals surface area contributed by atoms with Crippen molar-refractivity contribution < 1.29 is 4.74 Å². The molecular weight excluding hydrogens is 194 g/mol. The standard InChI is InChI=1S/C11H23NOS/c1-3-14-9-8-13-11-6-4-10(12-2)5-7-11/h10-12H,3-9H2,1-2H3. The maximum Gasteiger partial charge on any atom is 0.0576 e. The molecule has 0 radical (unpaired) electrons. The number of hydrogen-bond acceptors (Lipinski definition) is 3. The predicted octanol–water partition coefficient (Wildman–Crippen LogP) is 2.29. The van der Waals surface area contributed by atoms with Gasteiger partial charge in [0.2, 0.25) is 0 Å². The third-order valence-electron chi connectivity index (χ3n) is 2.87. The average molecular weight is 217 g/mol. The Labute approximate surface area is 92.2 Å². The van der Waals surface area contributed by atoms with E-state index < -0.39 is 0 Å². The van der Waals surface area contributed by atoms with Crippen LogP contribution in [0.15, 0.2) is 0 Å². The van der Waals surface area contributed by atoms with Gasteiger partial charge in [0.25, 0.3) is 0 Å².